The molecule has 1 heterocycles. The van der Waals surface area contributed by atoms with E-state index in [1.807, 2.05) is 12.1 Å². The van der Waals surface area contributed by atoms with Gasteiger partial charge in [0.05, 0.1) is 7.11 Å². The molecule has 0 amide bonds. The summed E-state index contributed by atoms with van der Waals surface area (Å²) in [6.07, 6.45) is 5.63. The van der Waals surface area contributed by atoms with Gasteiger partial charge in [-0.15, -0.1) is 0 Å². The lowest BCUT2D eigenvalue weighted by molar-refractivity contribution is -0.140. The number of methoxy groups -OCH3 is 1. The number of rotatable bonds is 9. The molecule has 150 valence electrons. The Morgan fingerprint density at radius 2 is 1.70 bits per heavy atom. The lowest BCUT2D eigenvalue weighted by atomic mass is 10.1. The SMILES string of the molecule is COC(=O)CCCCCCCN=C(N)N1CCN(c2ccc(F)cc2)CC1. The molecule has 2 N–H and O–H groups in total. The highest BCUT2D eigenvalue weighted by atomic mass is 19.1. The van der Waals surface area contributed by atoms with Crippen LogP contribution in [0.1, 0.15) is 38.5 Å². The van der Waals surface area contributed by atoms with Crippen LogP contribution in [-0.4, -0.2) is 56.7 Å². The van der Waals surface area contributed by atoms with Crippen LogP contribution in [0, 0.1) is 5.82 Å². The van der Waals surface area contributed by atoms with Crippen LogP contribution in [0.4, 0.5) is 10.1 Å². The van der Waals surface area contributed by atoms with E-state index in [0.29, 0.717) is 12.4 Å². The Balaban J connectivity index is 1.59. The van der Waals surface area contributed by atoms with Crippen molar-refractivity contribution in [2.45, 2.75) is 38.5 Å². The second-order valence-electron chi connectivity index (χ2n) is 6.78. The number of nitrogens with zero attached hydrogens (tertiary/aromatic N) is 3. The van der Waals surface area contributed by atoms with Gasteiger partial charge in [-0.1, -0.05) is 19.3 Å². The highest BCUT2D eigenvalue weighted by Crippen LogP contribution is 2.16. The van der Waals surface area contributed by atoms with E-state index in [-0.39, 0.29) is 11.8 Å². The van der Waals surface area contributed by atoms with Crippen molar-refractivity contribution >= 4 is 17.6 Å². The fourth-order valence-electron chi connectivity index (χ4n) is 3.15. The van der Waals surface area contributed by atoms with E-state index in [1.54, 1.807) is 0 Å². The second-order valence-corrected chi connectivity index (χ2v) is 6.78. The van der Waals surface area contributed by atoms with Gasteiger partial charge in [-0.05, 0) is 37.1 Å². The van der Waals surface area contributed by atoms with E-state index < -0.39 is 0 Å². The summed E-state index contributed by atoms with van der Waals surface area (Å²) in [5.41, 5.74) is 7.16. The van der Waals surface area contributed by atoms with Gasteiger partial charge in [0, 0.05) is 44.8 Å². The van der Waals surface area contributed by atoms with E-state index in [1.165, 1.54) is 19.2 Å². The fraction of sp³-hybridized carbons (Fsp3) is 0.600. The molecule has 0 spiro atoms. The molecule has 2 rings (SSSR count). The smallest absolute Gasteiger partial charge is 0.305 e. The molecule has 6 nitrogen and oxygen atoms in total. The van der Waals surface area contributed by atoms with Gasteiger partial charge in [0.25, 0.3) is 0 Å². The molecule has 1 aliphatic heterocycles. The third kappa shape index (κ3) is 7.45. The van der Waals surface area contributed by atoms with Crippen LogP contribution in [0.2, 0.25) is 0 Å². The number of benzene rings is 1. The lowest BCUT2D eigenvalue weighted by Crippen LogP contribution is -2.51. The van der Waals surface area contributed by atoms with E-state index in [9.17, 15) is 9.18 Å². The zero-order valence-corrected chi connectivity index (χ0v) is 16.2. The Labute approximate surface area is 161 Å². The van der Waals surface area contributed by atoms with E-state index >= 15 is 0 Å². The zero-order valence-electron chi connectivity index (χ0n) is 16.2. The van der Waals surface area contributed by atoms with Crippen molar-refractivity contribution in [3.63, 3.8) is 0 Å². The number of anilines is 1. The molecule has 0 unspecified atom stereocenters. The first-order valence-corrected chi connectivity index (χ1v) is 9.72. The number of halogens is 1. The summed E-state index contributed by atoms with van der Waals surface area (Å²) in [4.78, 5) is 19.8. The first-order chi connectivity index (χ1) is 13.1. The van der Waals surface area contributed by atoms with Crippen LogP contribution in [0.15, 0.2) is 29.3 Å². The molecular weight excluding hydrogens is 347 g/mol. The average molecular weight is 378 g/mol. The minimum Gasteiger partial charge on any atom is -0.469 e. The van der Waals surface area contributed by atoms with Crippen molar-refractivity contribution in [3.8, 4) is 0 Å². The van der Waals surface area contributed by atoms with Crippen molar-refractivity contribution in [1.29, 1.82) is 0 Å². The van der Waals surface area contributed by atoms with Crippen molar-refractivity contribution in [2.75, 3.05) is 44.7 Å². The molecule has 1 saturated heterocycles. The van der Waals surface area contributed by atoms with Crippen LogP contribution in [0.25, 0.3) is 0 Å². The average Bonchev–Trinajstić information content (AvgIpc) is 2.70. The lowest BCUT2D eigenvalue weighted by Gasteiger charge is -2.36. The molecule has 1 fully saturated rings. The molecule has 0 aliphatic carbocycles. The number of hydrogen-bond donors (Lipinski definition) is 1. The van der Waals surface area contributed by atoms with Gasteiger partial charge in [0.1, 0.15) is 5.82 Å². The van der Waals surface area contributed by atoms with E-state index in [0.717, 1.165) is 70.5 Å². The highest BCUT2D eigenvalue weighted by Gasteiger charge is 2.18. The van der Waals surface area contributed by atoms with E-state index in [4.69, 9.17) is 5.73 Å². The Morgan fingerprint density at radius 3 is 2.37 bits per heavy atom. The Bertz CT molecular complexity index is 599. The van der Waals surface area contributed by atoms with Crippen molar-refractivity contribution < 1.29 is 13.9 Å². The molecule has 0 atom stereocenters. The number of carbonyl (C=O) groups is 1. The van der Waals surface area contributed by atoms with Crippen LogP contribution in [-0.2, 0) is 9.53 Å². The number of carbonyl (C=O) groups excluding carboxylic acids is 1. The number of ether oxygens (including phenoxy) is 1. The van der Waals surface area contributed by atoms with Gasteiger partial charge in [0.2, 0.25) is 0 Å². The minimum atomic E-state index is -0.211. The monoisotopic (exact) mass is 378 g/mol. The van der Waals surface area contributed by atoms with E-state index in [2.05, 4.69) is 19.5 Å². The number of guanidine groups is 1. The standard InChI is InChI=1S/C20H31FN4O2/c1-27-19(26)7-5-3-2-4-6-12-23-20(22)25-15-13-24(14-16-25)18-10-8-17(21)9-11-18/h8-11H,2-7,12-16H2,1H3,(H2,22,23). The molecule has 27 heavy (non-hydrogen) atoms. The number of piperazine rings is 1. The molecule has 0 bridgehead atoms. The molecule has 0 saturated carbocycles. The summed E-state index contributed by atoms with van der Waals surface area (Å²) in [7, 11) is 1.42. The molecule has 0 radical (unpaired) electrons. The summed E-state index contributed by atoms with van der Waals surface area (Å²) in [5, 5.41) is 0. The number of hydrogen-bond acceptors (Lipinski definition) is 4. The quantitative estimate of drug-likeness (QED) is 0.310. The second kappa shape index (κ2) is 11.4. The zero-order chi connectivity index (χ0) is 19.5. The first-order valence-electron chi connectivity index (χ1n) is 9.72. The Morgan fingerprint density at radius 1 is 1.07 bits per heavy atom. The predicted octanol–water partition coefficient (Wildman–Crippen LogP) is 2.78. The van der Waals surface area contributed by atoms with Crippen molar-refractivity contribution in [2.24, 2.45) is 10.7 Å². The van der Waals surface area contributed by atoms with Crippen LogP contribution in [0.3, 0.4) is 0 Å². The van der Waals surface area contributed by atoms with Gasteiger partial charge in [-0.2, -0.15) is 0 Å². The molecule has 0 aromatic heterocycles. The predicted molar refractivity (Wildman–Crippen MR) is 106 cm³/mol. The molecule has 1 aromatic carbocycles. The van der Waals surface area contributed by atoms with Crippen molar-refractivity contribution in [3.05, 3.63) is 30.1 Å². The van der Waals surface area contributed by atoms with Crippen molar-refractivity contribution in [1.82, 2.24) is 4.90 Å². The maximum Gasteiger partial charge on any atom is 0.305 e. The summed E-state index contributed by atoms with van der Waals surface area (Å²) in [6, 6.07) is 6.61. The maximum absolute atomic E-state index is 13.0. The number of esters is 1. The topological polar surface area (TPSA) is 71.2 Å². The molecule has 1 aromatic rings. The number of unbranched alkanes of at least 4 members (excludes halogenated alkanes) is 4. The summed E-state index contributed by atoms with van der Waals surface area (Å²) >= 11 is 0. The summed E-state index contributed by atoms with van der Waals surface area (Å²) in [6.45, 7) is 4.07. The van der Waals surface area contributed by atoms with Crippen LogP contribution >= 0.6 is 0 Å². The Hall–Kier alpha value is -2.31. The molecule has 7 heteroatoms. The van der Waals surface area contributed by atoms with Gasteiger partial charge in [0.15, 0.2) is 5.96 Å². The maximum atomic E-state index is 13.0. The Kier molecular flexibility index (Phi) is 8.87. The number of aliphatic imine (C=N–C) groups is 1. The fourth-order valence-corrected chi connectivity index (χ4v) is 3.15. The third-order valence-corrected chi connectivity index (χ3v) is 4.84. The van der Waals surface area contributed by atoms with Gasteiger partial charge < -0.3 is 20.3 Å². The van der Waals surface area contributed by atoms with Crippen LogP contribution in [0.5, 0.6) is 0 Å². The molecule has 1 aliphatic rings. The first kappa shape index (κ1) is 21.0. The van der Waals surface area contributed by atoms with Crippen LogP contribution < -0.4 is 10.6 Å². The van der Waals surface area contributed by atoms with Gasteiger partial charge in [-0.25, -0.2) is 4.39 Å². The molecular formula is C20H31FN4O2. The normalized spacial score (nSPS) is 15.1. The summed E-state index contributed by atoms with van der Waals surface area (Å²) < 4.78 is 17.6. The number of nitrogens with two attached hydrogens (primary N) is 1. The highest BCUT2D eigenvalue weighted by molar-refractivity contribution is 5.78. The largest absolute Gasteiger partial charge is 0.469 e. The minimum absolute atomic E-state index is 0.133. The van der Waals surface area contributed by atoms with Gasteiger partial charge >= 0.3 is 5.97 Å². The third-order valence-electron chi connectivity index (χ3n) is 4.84. The summed E-state index contributed by atoms with van der Waals surface area (Å²) in [5.74, 6) is 0.267. The van der Waals surface area contributed by atoms with Gasteiger partial charge in [-0.3, -0.25) is 9.79 Å².